The number of nitrogens with one attached hydrogen (secondary N) is 1. The minimum atomic E-state index is -0.271. The number of halogens is 1. The van der Waals surface area contributed by atoms with Gasteiger partial charge in [-0.3, -0.25) is 0 Å². The number of nitrogens with zero attached hydrogens (tertiary/aromatic N) is 2. The minimum absolute atomic E-state index is 0.0132. The number of aromatic nitrogens is 1. The Kier molecular flexibility index (Phi) is 4.74. The number of benzene rings is 1. The van der Waals surface area contributed by atoms with Crippen molar-refractivity contribution in [3.63, 3.8) is 0 Å². The molecule has 0 spiro atoms. The van der Waals surface area contributed by atoms with Crippen LogP contribution in [0.2, 0.25) is 0 Å². The van der Waals surface area contributed by atoms with Crippen molar-refractivity contribution in [2.75, 3.05) is 25.1 Å². The van der Waals surface area contributed by atoms with Crippen LogP contribution >= 0.6 is 0 Å². The molecule has 3 N–H and O–H groups in total. The number of rotatable bonds is 4. The lowest BCUT2D eigenvalue weighted by Crippen LogP contribution is -2.27. The molecule has 0 radical (unpaired) electrons. The fraction of sp³-hybridized carbons (Fsp3) is 0.381. The van der Waals surface area contributed by atoms with Gasteiger partial charge in [0.15, 0.2) is 0 Å². The molecule has 0 bridgehead atoms. The van der Waals surface area contributed by atoms with E-state index in [-0.39, 0.29) is 17.9 Å². The average molecular weight is 368 g/mol. The van der Waals surface area contributed by atoms with Crippen molar-refractivity contribution in [2.24, 2.45) is 5.73 Å². The molecule has 4 rings (SSSR count). The van der Waals surface area contributed by atoms with Crippen LogP contribution in [0.1, 0.15) is 35.7 Å². The van der Waals surface area contributed by atoms with E-state index in [0.29, 0.717) is 17.7 Å². The summed E-state index contributed by atoms with van der Waals surface area (Å²) >= 11 is 0. The average Bonchev–Trinajstić information content (AvgIpc) is 3.30. The molecule has 2 atom stereocenters. The number of pyridine rings is 1. The Morgan fingerprint density at radius 1 is 1.33 bits per heavy atom. The summed E-state index contributed by atoms with van der Waals surface area (Å²) in [6.07, 6.45) is 3.53. The first-order valence-corrected chi connectivity index (χ1v) is 9.32. The second-order valence-corrected chi connectivity index (χ2v) is 7.33. The van der Waals surface area contributed by atoms with Gasteiger partial charge in [-0.05, 0) is 48.7 Å². The molecule has 2 aliphatic rings. The van der Waals surface area contributed by atoms with Crippen molar-refractivity contribution in [1.82, 2.24) is 10.3 Å². The molecule has 0 aliphatic carbocycles. The normalized spacial score (nSPS) is 21.9. The monoisotopic (exact) mass is 368 g/mol. The zero-order valence-electron chi connectivity index (χ0n) is 15.7. The Morgan fingerprint density at radius 3 is 2.93 bits per heavy atom. The smallest absolute Gasteiger partial charge is 0.134 e. The fourth-order valence-corrected chi connectivity index (χ4v) is 3.90. The molecule has 27 heavy (non-hydrogen) atoms. The molecule has 6 heteroatoms. The number of methoxy groups -OCH3 is 1. The van der Waals surface area contributed by atoms with Crippen molar-refractivity contribution in [1.29, 1.82) is 0 Å². The van der Waals surface area contributed by atoms with Crippen LogP contribution in [-0.2, 0) is 0 Å². The third kappa shape index (κ3) is 3.49. The van der Waals surface area contributed by atoms with E-state index >= 15 is 0 Å². The van der Waals surface area contributed by atoms with Crippen molar-refractivity contribution in [2.45, 2.75) is 31.8 Å². The van der Waals surface area contributed by atoms with E-state index < -0.39 is 0 Å². The number of hydrogen-bond donors (Lipinski definition) is 2. The number of anilines is 1. The first kappa shape index (κ1) is 17.8. The largest absolute Gasteiger partial charge is 0.496 e. The topological polar surface area (TPSA) is 63.4 Å². The highest BCUT2D eigenvalue weighted by Crippen LogP contribution is 2.38. The van der Waals surface area contributed by atoms with Gasteiger partial charge in [-0.15, -0.1) is 0 Å². The summed E-state index contributed by atoms with van der Waals surface area (Å²) in [5.41, 5.74) is 9.59. The van der Waals surface area contributed by atoms with Gasteiger partial charge < -0.3 is 20.7 Å². The number of hydrogen-bond acceptors (Lipinski definition) is 5. The van der Waals surface area contributed by atoms with Gasteiger partial charge in [0.2, 0.25) is 0 Å². The van der Waals surface area contributed by atoms with Gasteiger partial charge in [0.25, 0.3) is 0 Å². The molecule has 2 aromatic rings. The van der Waals surface area contributed by atoms with Crippen LogP contribution in [-0.4, -0.2) is 31.2 Å². The van der Waals surface area contributed by atoms with E-state index in [4.69, 9.17) is 15.5 Å². The van der Waals surface area contributed by atoms with Gasteiger partial charge in [0, 0.05) is 31.8 Å². The van der Waals surface area contributed by atoms with E-state index in [1.165, 1.54) is 6.07 Å². The molecule has 0 amide bonds. The van der Waals surface area contributed by atoms with Gasteiger partial charge in [0.05, 0.1) is 24.4 Å². The predicted octanol–water partition coefficient (Wildman–Crippen LogP) is 3.15. The van der Waals surface area contributed by atoms with Crippen LogP contribution < -0.4 is 20.7 Å². The van der Waals surface area contributed by atoms with E-state index in [1.807, 2.05) is 6.20 Å². The van der Waals surface area contributed by atoms with E-state index in [2.05, 4.69) is 29.3 Å². The lowest BCUT2D eigenvalue weighted by Gasteiger charge is -2.20. The Hall–Kier alpha value is -2.60. The highest BCUT2D eigenvalue weighted by atomic mass is 19.1. The predicted molar refractivity (Wildman–Crippen MR) is 105 cm³/mol. The van der Waals surface area contributed by atoms with Crippen LogP contribution in [0.15, 0.2) is 36.5 Å². The molecular formula is C21H25FN4O. The second-order valence-electron chi connectivity index (χ2n) is 7.33. The van der Waals surface area contributed by atoms with E-state index in [9.17, 15) is 4.39 Å². The maximum atomic E-state index is 14.4. The zero-order valence-corrected chi connectivity index (χ0v) is 15.7. The number of ether oxygens (including phenoxy) is 1. The molecule has 2 aliphatic heterocycles. The summed E-state index contributed by atoms with van der Waals surface area (Å²) in [7, 11) is 1.56. The molecular weight excluding hydrogens is 343 g/mol. The zero-order chi connectivity index (χ0) is 19.0. The number of nitrogens with two attached hydrogens (primary N) is 1. The van der Waals surface area contributed by atoms with Crippen LogP contribution in [0.5, 0.6) is 5.75 Å². The van der Waals surface area contributed by atoms with E-state index in [1.54, 1.807) is 19.2 Å². The Morgan fingerprint density at radius 2 is 2.19 bits per heavy atom. The quantitative estimate of drug-likeness (QED) is 0.868. The second kappa shape index (κ2) is 7.19. The summed E-state index contributed by atoms with van der Waals surface area (Å²) in [6, 6.07) is 9.32. The molecule has 1 saturated heterocycles. The van der Waals surface area contributed by atoms with Gasteiger partial charge in [-0.2, -0.15) is 0 Å². The fourth-order valence-electron chi connectivity index (χ4n) is 3.90. The summed E-state index contributed by atoms with van der Waals surface area (Å²) < 4.78 is 19.8. The van der Waals surface area contributed by atoms with Crippen molar-refractivity contribution in [3.05, 3.63) is 59.2 Å². The molecule has 142 valence electrons. The highest BCUT2D eigenvalue weighted by Gasteiger charge is 2.26. The lowest BCUT2D eigenvalue weighted by atomic mass is 9.99. The Bertz CT molecular complexity index is 882. The summed E-state index contributed by atoms with van der Waals surface area (Å²) in [5, 5.41) is 3.36. The number of aryl methyl sites for hydroxylation is 1. The first-order chi connectivity index (χ1) is 13.0. The molecule has 1 fully saturated rings. The Balaban J connectivity index is 1.58. The van der Waals surface area contributed by atoms with Crippen molar-refractivity contribution >= 4 is 11.4 Å². The minimum Gasteiger partial charge on any atom is -0.496 e. The molecule has 1 unspecified atom stereocenters. The van der Waals surface area contributed by atoms with Crippen LogP contribution in [0, 0.1) is 12.7 Å². The summed E-state index contributed by atoms with van der Waals surface area (Å²) in [6.45, 7) is 3.85. The van der Waals surface area contributed by atoms with Crippen LogP contribution in [0.3, 0.4) is 0 Å². The third-order valence-electron chi connectivity index (χ3n) is 5.28. The van der Waals surface area contributed by atoms with Gasteiger partial charge in [0.1, 0.15) is 17.4 Å². The Labute approximate surface area is 159 Å². The standard InChI is InChI=1S/C21H25FN4O/c1-13-8-18(25-20(9-13)26-7-6-15(23)12-26)17-10-14(11-24-17)21-16(22)4-3-5-19(21)27-2/h3-5,8-9,11,15,17,24H,6-7,10,12,23H2,1-2H3/t15-,17?/m1/s1. The maximum Gasteiger partial charge on any atom is 0.134 e. The summed E-state index contributed by atoms with van der Waals surface area (Å²) in [5.74, 6) is 1.25. The maximum absolute atomic E-state index is 14.4. The van der Waals surface area contributed by atoms with Crippen LogP contribution in [0.4, 0.5) is 10.2 Å². The van der Waals surface area contributed by atoms with Gasteiger partial charge >= 0.3 is 0 Å². The molecule has 0 saturated carbocycles. The third-order valence-corrected chi connectivity index (χ3v) is 5.28. The lowest BCUT2D eigenvalue weighted by molar-refractivity contribution is 0.409. The van der Waals surface area contributed by atoms with Crippen LogP contribution in [0.25, 0.3) is 5.57 Å². The van der Waals surface area contributed by atoms with Crippen molar-refractivity contribution < 1.29 is 9.13 Å². The highest BCUT2D eigenvalue weighted by molar-refractivity contribution is 5.73. The summed E-state index contributed by atoms with van der Waals surface area (Å²) in [4.78, 5) is 7.12. The van der Waals surface area contributed by atoms with E-state index in [0.717, 1.165) is 42.2 Å². The molecule has 5 nitrogen and oxygen atoms in total. The van der Waals surface area contributed by atoms with Gasteiger partial charge in [-0.25, -0.2) is 9.37 Å². The molecule has 1 aromatic heterocycles. The molecule has 1 aromatic carbocycles. The van der Waals surface area contributed by atoms with Crippen molar-refractivity contribution in [3.8, 4) is 5.75 Å². The SMILES string of the molecule is COc1cccc(F)c1C1=CNC(c2cc(C)cc(N3CC[C@@H](N)C3)n2)C1. The van der Waals surface area contributed by atoms with Gasteiger partial charge in [-0.1, -0.05) is 6.07 Å². The first-order valence-electron chi connectivity index (χ1n) is 9.32. The molecule has 3 heterocycles.